The Balaban J connectivity index is 3.23. The Morgan fingerprint density at radius 2 is 2.00 bits per heavy atom. The van der Waals surface area contributed by atoms with Crippen molar-refractivity contribution in [1.29, 1.82) is 0 Å². The Labute approximate surface area is 74.5 Å². The highest BCUT2D eigenvalue weighted by molar-refractivity contribution is 4.58. The lowest BCUT2D eigenvalue weighted by Gasteiger charge is -2.10. The molecule has 0 aromatic heterocycles. The molecule has 0 spiro atoms. The lowest BCUT2D eigenvalue weighted by Crippen LogP contribution is -2.06. The first-order valence-electron chi connectivity index (χ1n) is 4.52. The fourth-order valence-electron chi connectivity index (χ4n) is 1.09. The minimum Gasteiger partial charge on any atom is -0.382 e. The van der Waals surface area contributed by atoms with Crippen molar-refractivity contribution in [3.8, 4) is 0 Å². The molecule has 0 aliphatic rings. The van der Waals surface area contributed by atoms with Gasteiger partial charge in [-0.3, -0.25) is 0 Å². The van der Waals surface area contributed by atoms with E-state index in [-0.39, 0.29) is 0 Å². The molecule has 0 aliphatic heterocycles. The van der Waals surface area contributed by atoms with Gasteiger partial charge in [-0.15, -0.1) is 0 Å². The van der Waals surface area contributed by atoms with Crippen molar-refractivity contribution in [2.24, 2.45) is 11.1 Å². The molecule has 3 heteroatoms. The Hall–Kier alpha value is -0.440. The van der Waals surface area contributed by atoms with E-state index in [0.29, 0.717) is 18.6 Å². The van der Waals surface area contributed by atoms with Gasteiger partial charge in [0.2, 0.25) is 0 Å². The summed E-state index contributed by atoms with van der Waals surface area (Å²) in [6.45, 7) is 4.56. The van der Waals surface area contributed by atoms with E-state index in [9.17, 15) is 4.91 Å². The van der Waals surface area contributed by atoms with Crippen LogP contribution < -0.4 is 0 Å². The molecule has 2 atom stereocenters. The third-order valence-corrected chi connectivity index (χ3v) is 2.10. The van der Waals surface area contributed by atoms with Gasteiger partial charge >= 0.3 is 0 Å². The van der Waals surface area contributed by atoms with E-state index in [1.807, 2.05) is 0 Å². The lowest BCUT2D eigenvalue weighted by atomic mass is 10.0. The standard InChI is InChI=1S/C9H19NO2/c1-8(7-10-11)5-4-6-9(2)12-3/h8-9H,4-7H2,1-3H3. The lowest BCUT2D eigenvalue weighted by molar-refractivity contribution is 0.107. The molecule has 0 radical (unpaired) electrons. The third kappa shape index (κ3) is 6.28. The maximum absolute atomic E-state index is 9.89. The minimum absolute atomic E-state index is 0.335. The average molecular weight is 173 g/mol. The summed E-state index contributed by atoms with van der Waals surface area (Å²) in [5.74, 6) is 0.423. The summed E-state index contributed by atoms with van der Waals surface area (Å²) < 4.78 is 5.11. The van der Waals surface area contributed by atoms with Crippen LogP contribution in [0, 0.1) is 10.8 Å². The fraction of sp³-hybridized carbons (Fsp3) is 1.00. The summed E-state index contributed by atoms with van der Waals surface area (Å²) in [4.78, 5) is 9.89. The molecule has 0 amide bonds. The number of rotatable bonds is 7. The summed E-state index contributed by atoms with van der Waals surface area (Å²) in [5, 5.41) is 2.87. The van der Waals surface area contributed by atoms with E-state index in [4.69, 9.17) is 4.74 Å². The smallest absolute Gasteiger partial charge is 0.0836 e. The van der Waals surface area contributed by atoms with Crippen LogP contribution in [0.15, 0.2) is 5.18 Å². The highest BCUT2D eigenvalue weighted by Gasteiger charge is 2.03. The van der Waals surface area contributed by atoms with Gasteiger partial charge in [0.15, 0.2) is 0 Å². The van der Waals surface area contributed by atoms with E-state index in [1.54, 1.807) is 7.11 Å². The number of nitroso groups, excluding NO2 is 1. The zero-order valence-corrected chi connectivity index (χ0v) is 8.25. The molecule has 0 aromatic carbocycles. The molecule has 12 heavy (non-hydrogen) atoms. The molecule has 0 aliphatic carbocycles. The summed E-state index contributed by atoms with van der Waals surface area (Å²) in [7, 11) is 1.72. The third-order valence-electron chi connectivity index (χ3n) is 2.10. The van der Waals surface area contributed by atoms with Crippen molar-refractivity contribution >= 4 is 0 Å². The van der Waals surface area contributed by atoms with E-state index in [0.717, 1.165) is 19.3 Å². The first-order valence-corrected chi connectivity index (χ1v) is 4.52. The van der Waals surface area contributed by atoms with Gasteiger partial charge in [0.1, 0.15) is 0 Å². The number of methoxy groups -OCH3 is 1. The van der Waals surface area contributed by atoms with Crippen molar-refractivity contribution < 1.29 is 4.74 Å². The number of ether oxygens (including phenoxy) is 1. The van der Waals surface area contributed by atoms with Crippen molar-refractivity contribution in [3.63, 3.8) is 0 Å². The van der Waals surface area contributed by atoms with E-state index >= 15 is 0 Å². The molecule has 0 rings (SSSR count). The van der Waals surface area contributed by atoms with Gasteiger partial charge in [-0.1, -0.05) is 18.5 Å². The van der Waals surface area contributed by atoms with Crippen molar-refractivity contribution in [2.75, 3.05) is 13.7 Å². The van der Waals surface area contributed by atoms with Gasteiger partial charge in [0.25, 0.3) is 0 Å². The molecule has 0 bridgehead atoms. The first kappa shape index (κ1) is 11.6. The van der Waals surface area contributed by atoms with Gasteiger partial charge < -0.3 is 4.74 Å². The molecule has 0 saturated heterocycles. The van der Waals surface area contributed by atoms with Crippen molar-refractivity contribution in [2.45, 2.75) is 39.2 Å². The normalized spacial score (nSPS) is 15.6. The Kier molecular flexibility index (Phi) is 6.96. The highest BCUT2D eigenvalue weighted by atomic mass is 16.5. The predicted molar refractivity (Wildman–Crippen MR) is 50.1 cm³/mol. The van der Waals surface area contributed by atoms with Crippen LogP contribution in [0.25, 0.3) is 0 Å². The van der Waals surface area contributed by atoms with E-state index < -0.39 is 0 Å². The number of hydrogen-bond acceptors (Lipinski definition) is 3. The summed E-state index contributed by atoms with van der Waals surface area (Å²) >= 11 is 0. The zero-order valence-electron chi connectivity index (χ0n) is 8.25. The predicted octanol–water partition coefficient (Wildman–Crippen LogP) is 2.59. The van der Waals surface area contributed by atoms with E-state index in [2.05, 4.69) is 19.0 Å². The Bertz CT molecular complexity index is 117. The highest BCUT2D eigenvalue weighted by Crippen LogP contribution is 2.10. The van der Waals surface area contributed by atoms with Crippen LogP contribution in [0.3, 0.4) is 0 Å². The van der Waals surface area contributed by atoms with Crippen molar-refractivity contribution in [1.82, 2.24) is 0 Å². The second kappa shape index (κ2) is 7.22. The summed E-state index contributed by atoms with van der Waals surface area (Å²) in [6, 6.07) is 0. The average Bonchev–Trinajstić information content (AvgIpc) is 2.04. The maximum Gasteiger partial charge on any atom is 0.0836 e. The van der Waals surface area contributed by atoms with Crippen LogP contribution in [0.1, 0.15) is 33.1 Å². The van der Waals surface area contributed by atoms with Crippen LogP contribution in [0.5, 0.6) is 0 Å². The van der Waals surface area contributed by atoms with Gasteiger partial charge in [0, 0.05) is 7.11 Å². The molecule has 0 fully saturated rings. The largest absolute Gasteiger partial charge is 0.382 e. The van der Waals surface area contributed by atoms with Gasteiger partial charge in [-0.05, 0) is 25.7 Å². The van der Waals surface area contributed by atoms with Crippen molar-refractivity contribution in [3.05, 3.63) is 4.91 Å². The van der Waals surface area contributed by atoms with Gasteiger partial charge in [-0.25, -0.2) is 0 Å². The van der Waals surface area contributed by atoms with E-state index in [1.165, 1.54) is 0 Å². The SMILES string of the molecule is COC(C)CCCC(C)CN=O. The number of hydrogen-bond donors (Lipinski definition) is 0. The topological polar surface area (TPSA) is 38.7 Å². The molecule has 0 N–H and O–H groups in total. The van der Waals surface area contributed by atoms with Gasteiger partial charge in [0.05, 0.1) is 12.6 Å². The summed E-state index contributed by atoms with van der Waals surface area (Å²) in [5.41, 5.74) is 0. The molecule has 0 aromatic rings. The Morgan fingerprint density at radius 1 is 1.33 bits per heavy atom. The molecular formula is C9H19NO2. The molecule has 3 nitrogen and oxygen atoms in total. The van der Waals surface area contributed by atoms with Crippen LogP contribution in [0.2, 0.25) is 0 Å². The maximum atomic E-state index is 9.89. The molecule has 0 heterocycles. The van der Waals surface area contributed by atoms with Gasteiger partial charge in [-0.2, -0.15) is 4.91 Å². The second-order valence-electron chi connectivity index (χ2n) is 3.39. The molecule has 2 unspecified atom stereocenters. The van der Waals surface area contributed by atoms with Crippen LogP contribution in [-0.4, -0.2) is 19.8 Å². The zero-order chi connectivity index (χ0) is 9.40. The summed E-state index contributed by atoms with van der Waals surface area (Å²) in [6.07, 6.45) is 3.59. The van der Waals surface area contributed by atoms with Crippen LogP contribution in [-0.2, 0) is 4.74 Å². The Morgan fingerprint density at radius 3 is 2.50 bits per heavy atom. The molecular weight excluding hydrogens is 154 g/mol. The quantitative estimate of drug-likeness (QED) is 0.555. The fourth-order valence-corrected chi connectivity index (χ4v) is 1.09. The van der Waals surface area contributed by atoms with Crippen LogP contribution >= 0.6 is 0 Å². The monoisotopic (exact) mass is 173 g/mol. The first-order chi connectivity index (χ1) is 5.70. The minimum atomic E-state index is 0.335. The molecule has 0 saturated carbocycles. The molecule has 72 valence electrons. The number of nitrogens with zero attached hydrogens (tertiary/aromatic N) is 1. The second-order valence-corrected chi connectivity index (χ2v) is 3.39. The van der Waals surface area contributed by atoms with Crippen LogP contribution in [0.4, 0.5) is 0 Å².